The van der Waals surface area contributed by atoms with Crippen LogP contribution in [0.25, 0.3) is 0 Å². The van der Waals surface area contributed by atoms with Crippen LogP contribution in [-0.4, -0.2) is 73.0 Å². The number of hydrogen-bond acceptors (Lipinski definition) is 4. The Hall–Kier alpha value is -0.160. The molecule has 2 aliphatic heterocycles. The average Bonchev–Trinajstić information content (AvgIpc) is 2.67. The predicted octanol–water partition coefficient (Wildman–Crippen LogP) is -0.226. The van der Waals surface area contributed by atoms with Crippen molar-refractivity contribution in [3.05, 3.63) is 0 Å². The van der Waals surface area contributed by atoms with Gasteiger partial charge in [-0.25, -0.2) is 0 Å². The molecule has 2 fully saturated rings. The molecule has 0 bridgehead atoms. The number of aliphatic hydroxyl groups excluding tert-OH is 1. The van der Waals surface area contributed by atoms with E-state index in [9.17, 15) is 5.11 Å². The molecule has 2 heterocycles. The fourth-order valence-corrected chi connectivity index (χ4v) is 2.59. The van der Waals surface area contributed by atoms with Gasteiger partial charge in [-0.1, -0.05) is 0 Å². The van der Waals surface area contributed by atoms with Crippen molar-refractivity contribution in [2.24, 2.45) is 0 Å². The third-order valence-electron chi connectivity index (χ3n) is 3.33. The van der Waals surface area contributed by atoms with Crippen LogP contribution in [0, 0.1) is 0 Å². The Morgan fingerprint density at radius 1 is 1.33 bits per heavy atom. The summed E-state index contributed by atoms with van der Waals surface area (Å²) in [4.78, 5) is 4.90. The molecule has 1 N–H and O–H groups in total. The van der Waals surface area contributed by atoms with Gasteiger partial charge in [0.05, 0.1) is 19.3 Å². The molecule has 2 rings (SSSR count). The number of hydrogen-bond donors (Lipinski definition) is 1. The molecule has 1 unspecified atom stereocenters. The fraction of sp³-hybridized carbons (Fsp3) is 1.00. The molecule has 0 amide bonds. The van der Waals surface area contributed by atoms with Crippen LogP contribution in [0.15, 0.2) is 0 Å². The molecule has 0 radical (unpaired) electrons. The summed E-state index contributed by atoms with van der Waals surface area (Å²) in [7, 11) is 0. The van der Waals surface area contributed by atoms with Crippen LogP contribution in [0.3, 0.4) is 0 Å². The lowest BCUT2D eigenvalue weighted by molar-refractivity contribution is 0.0176. The van der Waals surface area contributed by atoms with Gasteiger partial charge >= 0.3 is 0 Å². The minimum Gasteiger partial charge on any atom is -0.392 e. The zero-order valence-corrected chi connectivity index (χ0v) is 9.56. The molecular weight excluding hydrogens is 192 g/mol. The van der Waals surface area contributed by atoms with Crippen LogP contribution in [-0.2, 0) is 4.74 Å². The average molecular weight is 214 g/mol. The van der Waals surface area contributed by atoms with E-state index >= 15 is 0 Å². The number of nitrogens with zero attached hydrogens (tertiary/aromatic N) is 2. The first-order valence-corrected chi connectivity index (χ1v) is 5.98. The van der Waals surface area contributed by atoms with Gasteiger partial charge < -0.3 is 9.84 Å². The normalized spacial score (nSPS) is 32.0. The Morgan fingerprint density at radius 2 is 2.07 bits per heavy atom. The third kappa shape index (κ3) is 3.14. The van der Waals surface area contributed by atoms with Crippen LogP contribution in [0.5, 0.6) is 0 Å². The van der Waals surface area contributed by atoms with Gasteiger partial charge in [-0.3, -0.25) is 9.80 Å². The van der Waals surface area contributed by atoms with Crippen molar-refractivity contribution in [3.63, 3.8) is 0 Å². The molecule has 0 aliphatic carbocycles. The zero-order valence-electron chi connectivity index (χ0n) is 9.56. The van der Waals surface area contributed by atoms with Crippen LogP contribution in [0.1, 0.15) is 13.3 Å². The Bertz CT molecular complexity index is 193. The fourth-order valence-electron chi connectivity index (χ4n) is 2.59. The van der Waals surface area contributed by atoms with E-state index in [0.29, 0.717) is 6.04 Å². The van der Waals surface area contributed by atoms with Gasteiger partial charge in [0, 0.05) is 32.2 Å². The SMILES string of the molecule is C[C@@H](O)CN1CCC(N2CCOCC2)C1. The van der Waals surface area contributed by atoms with Gasteiger partial charge in [0.15, 0.2) is 0 Å². The van der Waals surface area contributed by atoms with Crippen molar-refractivity contribution < 1.29 is 9.84 Å². The van der Waals surface area contributed by atoms with Gasteiger partial charge in [-0.2, -0.15) is 0 Å². The van der Waals surface area contributed by atoms with Gasteiger partial charge in [0.1, 0.15) is 0 Å². The maximum Gasteiger partial charge on any atom is 0.0639 e. The van der Waals surface area contributed by atoms with Crippen molar-refractivity contribution in [2.75, 3.05) is 45.9 Å². The van der Waals surface area contributed by atoms with Crippen LogP contribution in [0.2, 0.25) is 0 Å². The first kappa shape index (κ1) is 11.3. The monoisotopic (exact) mass is 214 g/mol. The first-order chi connectivity index (χ1) is 7.25. The molecule has 2 atom stereocenters. The summed E-state index contributed by atoms with van der Waals surface area (Å²) in [6, 6.07) is 0.688. The highest BCUT2D eigenvalue weighted by Crippen LogP contribution is 2.16. The van der Waals surface area contributed by atoms with Gasteiger partial charge in [-0.15, -0.1) is 0 Å². The summed E-state index contributed by atoms with van der Waals surface area (Å²) < 4.78 is 5.36. The Balaban J connectivity index is 1.76. The minimum absolute atomic E-state index is 0.201. The van der Waals surface area contributed by atoms with Crippen molar-refractivity contribution in [1.82, 2.24) is 9.80 Å². The number of β-amino-alcohol motifs (C(OH)–C–C–N with tert-alkyl or cyclic N) is 1. The van der Waals surface area contributed by atoms with E-state index in [4.69, 9.17) is 4.74 Å². The third-order valence-corrected chi connectivity index (χ3v) is 3.33. The quantitative estimate of drug-likeness (QED) is 0.704. The molecule has 0 aromatic heterocycles. The number of aliphatic hydroxyl groups is 1. The highest BCUT2D eigenvalue weighted by molar-refractivity contribution is 4.84. The molecule has 4 nitrogen and oxygen atoms in total. The Kier molecular flexibility index (Phi) is 3.97. The van der Waals surface area contributed by atoms with E-state index in [1.54, 1.807) is 0 Å². The summed E-state index contributed by atoms with van der Waals surface area (Å²) in [6.45, 7) is 8.85. The molecule has 4 heteroatoms. The van der Waals surface area contributed by atoms with E-state index < -0.39 is 0 Å². The van der Waals surface area contributed by atoms with E-state index in [1.807, 2.05) is 6.92 Å². The van der Waals surface area contributed by atoms with Crippen molar-refractivity contribution in [2.45, 2.75) is 25.5 Å². The molecule has 15 heavy (non-hydrogen) atoms. The standard InChI is InChI=1S/C11H22N2O2/c1-10(14)8-12-3-2-11(9-12)13-4-6-15-7-5-13/h10-11,14H,2-9H2,1H3/t10-,11?/m1/s1. The van der Waals surface area contributed by atoms with E-state index in [-0.39, 0.29) is 6.10 Å². The lowest BCUT2D eigenvalue weighted by atomic mass is 10.2. The zero-order chi connectivity index (χ0) is 10.7. The molecular formula is C11H22N2O2. The summed E-state index contributed by atoms with van der Waals surface area (Å²) in [5.74, 6) is 0. The summed E-state index contributed by atoms with van der Waals surface area (Å²) in [5.41, 5.74) is 0. The van der Waals surface area contributed by atoms with Crippen LogP contribution < -0.4 is 0 Å². The van der Waals surface area contributed by atoms with Crippen molar-refractivity contribution in [3.8, 4) is 0 Å². The molecule has 2 saturated heterocycles. The van der Waals surface area contributed by atoms with E-state index in [0.717, 1.165) is 45.9 Å². The molecule has 0 saturated carbocycles. The van der Waals surface area contributed by atoms with Crippen LogP contribution >= 0.6 is 0 Å². The van der Waals surface area contributed by atoms with Crippen LogP contribution in [0.4, 0.5) is 0 Å². The number of likely N-dealkylation sites (tertiary alicyclic amines) is 1. The second kappa shape index (κ2) is 5.25. The molecule has 0 aromatic carbocycles. The summed E-state index contributed by atoms with van der Waals surface area (Å²) in [5, 5.41) is 9.33. The summed E-state index contributed by atoms with van der Waals surface area (Å²) in [6.07, 6.45) is 1.04. The minimum atomic E-state index is -0.201. The second-order valence-corrected chi connectivity index (χ2v) is 4.70. The second-order valence-electron chi connectivity index (χ2n) is 4.70. The van der Waals surface area contributed by atoms with Gasteiger partial charge in [-0.05, 0) is 19.9 Å². The van der Waals surface area contributed by atoms with E-state index in [2.05, 4.69) is 9.80 Å². The highest BCUT2D eigenvalue weighted by atomic mass is 16.5. The van der Waals surface area contributed by atoms with Gasteiger partial charge in [0.25, 0.3) is 0 Å². The molecule has 88 valence electrons. The predicted molar refractivity (Wildman–Crippen MR) is 58.9 cm³/mol. The Labute approximate surface area is 91.8 Å². The highest BCUT2D eigenvalue weighted by Gasteiger charge is 2.28. The maximum absolute atomic E-state index is 9.33. The molecule has 0 spiro atoms. The van der Waals surface area contributed by atoms with Crippen molar-refractivity contribution >= 4 is 0 Å². The summed E-state index contributed by atoms with van der Waals surface area (Å²) >= 11 is 0. The molecule has 2 aliphatic rings. The van der Waals surface area contributed by atoms with Crippen molar-refractivity contribution in [1.29, 1.82) is 0 Å². The maximum atomic E-state index is 9.33. The number of morpholine rings is 1. The van der Waals surface area contributed by atoms with Gasteiger partial charge in [0.2, 0.25) is 0 Å². The lowest BCUT2D eigenvalue weighted by Gasteiger charge is -2.32. The first-order valence-electron chi connectivity index (χ1n) is 5.98. The number of ether oxygens (including phenoxy) is 1. The smallest absolute Gasteiger partial charge is 0.0639 e. The molecule has 0 aromatic rings. The topological polar surface area (TPSA) is 35.9 Å². The largest absolute Gasteiger partial charge is 0.392 e. The van der Waals surface area contributed by atoms with E-state index in [1.165, 1.54) is 6.42 Å². The lowest BCUT2D eigenvalue weighted by Crippen LogP contribution is -2.45. The Morgan fingerprint density at radius 3 is 2.73 bits per heavy atom. The number of rotatable bonds is 3.